The molecule has 9 nitrogen and oxygen atoms in total. The Morgan fingerprint density at radius 1 is 0.943 bits per heavy atom. The summed E-state index contributed by atoms with van der Waals surface area (Å²) in [4.78, 5) is 24.5. The number of amides is 2. The Morgan fingerprint density at radius 3 is 2.37 bits per heavy atom. The highest BCUT2D eigenvalue weighted by Gasteiger charge is 2.14. The van der Waals surface area contributed by atoms with Crippen molar-refractivity contribution < 1.29 is 28.5 Å². The first kappa shape index (κ1) is 25.4. The molecule has 2 N–H and O–H groups in total. The van der Waals surface area contributed by atoms with Gasteiger partial charge in [-0.1, -0.05) is 17.7 Å². The van der Waals surface area contributed by atoms with Crippen LogP contribution in [-0.4, -0.2) is 46.0 Å². The number of halogens is 1. The number of hydrazone groups is 1. The number of nitrogens with zero attached hydrogens (tertiary/aromatic N) is 1. The molecule has 3 rings (SSSR count). The van der Waals surface area contributed by atoms with Crippen LogP contribution in [0.25, 0.3) is 0 Å². The van der Waals surface area contributed by atoms with E-state index in [1.807, 2.05) is 0 Å². The Kier molecular flexibility index (Phi) is 8.91. The van der Waals surface area contributed by atoms with Gasteiger partial charge in [-0.25, -0.2) is 5.43 Å². The van der Waals surface area contributed by atoms with E-state index in [0.29, 0.717) is 34.1 Å². The first-order chi connectivity index (χ1) is 16.9. The average Bonchev–Trinajstić information content (AvgIpc) is 2.88. The second-order valence-corrected chi connectivity index (χ2v) is 7.44. The fourth-order valence-corrected chi connectivity index (χ4v) is 3.23. The van der Waals surface area contributed by atoms with Gasteiger partial charge in [-0.15, -0.1) is 0 Å². The molecule has 10 heteroatoms. The first-order valence-corrected chi connectivity index (χ1v) is 10.7. The molecule has 0 radical (unpaired) electrons. The van der Waals surface area contributed by atoms with Crippen molar-refractivity contribution >= 4 is 35.3 Å². The second kappa shape index (κ2) is 12.3. The number of carbonyl (C=O) groups excluding carboxylic acids is 2. The lowest BCUT2D eigenvalue weighted by atomic mass is 10.2. The lowest BCUT2D eigenvalue weighted by Crippen LogP contribution is -2.20. The number of rotatable bonds is 10. The van der Waals surface area contributed by atoms with E-state index in [-0.39, 0.29) is 23.3 Å². The molecule has 0 saturated heterocycles. The molecule has 0 aliphatic rings. The third-order valence-corrected chi connectivity index (χ3v) is 4.97. The first-order valence-electron chi connectivity index (χ1n) is 10.3. The SMILES string of the molecule is COc1ccc(NC(=O)COc2c(Cl)cc(C=NNC(=O)c3cccc(OC)c3)cc2OC)cc1. The summed E-state index contributed by atoms with van der Waals surface area (Å²) in [7, 11) is 4.53. The average molecular weight is 498 g/mol. The molecule has 0 aromatic heterocycles. The summed E-state index contributed by atoms with van der Waals surface area (Å²) in [6, 6.07) is 16.8. The van der Waals surface area contributed by atoms with Crippen LogP contribution in [0.1, 0.15) is 15.9 Å². The molecule has 0 saturated carbocycles. The van der Waals surface area contributed by atoms with Crippen LogP contribution in [0.3, 0.4) is 0 Å². The Bertz CT molecular complexity index is 1210. The van der Waals surface area contributed by atoms with Crippen LogP contribution in [0.4, 0.5) is 5.69 Å². The van der Waals surface area contributed by atoms with Gasteiger partial charge >= 0.3 is 0 Å². The van der Waals surface area contributed by atoms with Gasteiger partial charge in [-0.2, -0.15) is 5.10 Å². The van der Waals surface area contributed by atoms with Crippen molar-refractivity contribution in [3.63, 3.8) is 0 Å². The second-order valence-electron chi connectivity index (χ2n) is 7.03. The highest BCUT2D eigenvalue weighted by molar-refractivity contribution is 6.32. The van der Waals surface area contributed by atoms with Crippen molar-refractivity contribution in [1.29, 1.82) is 0 Å². The lowest BCUT2D eigenvalue weighted by Gasteiger charge is -2.13. The Labute approximate surface area is 207 Å². The van der Waals surface area contributed by atoms with E-state index < -0.39 is 5.91 Å². The molecular weight excluding hydrogens is 474 g/mol. The van der Waals surface area contributed by atoms with Crippen molar-refractivity contribution in [2.24, 2.45) is 5.10 Å². The molecule has 0 bridgehead atoms. The molecule has 0 fully saturated rings. The van der Waals surface area contributed by atoms with E-state index in [9.17, 15) is 9.59 Å². The third-order valence-electron chi connectivity index (χ3n) is 4.68. The highest BCUT2D eigenvalue weighted by atomic mass is 35.5. The van der Waals surface area contributed by atoms with Gasteiger partial charge in [0.1, 0.15) is 11.5 Å². The molecule has 2 amide bonds. The number of hydrogen-bond donors (Lipinski definition) is 2. The molecule has 3 aromatic rings. The van der Waals surface area contributed by atoms with Crippen molar-refractivity contribution in [3.05, 3.63) is 76.8 Å². The maximum Gasteiger partial charge on any atom is 0.271 e. The van der Waals surface area contributed by atoms with Crippen LogP contribution in [-0.2, 0) is 4.79 Å². The van der Waals surface area contributed by atoms with Crippen LogP contribution in [0.15, 0.2) is 65.8 Å². The van der Waals surface area contributed by atoms with Gasteiger partial charge in [0.05, 0.1) is 32.6 Å². The van der Waals surface area contributed by atoms with Gasteiger partial charge in [0.25, 0.3) is 11.8 Å². The van der Waals surface area contributed by atoms with Gasteiger partial charge < -0.3 is 24.3 Å². The molecule has 0 atom stereocenters. The summed E-state index contributed by atoms with van der Waals surface area (Å²) in [5.74, 6) is 0.970. The topological polar surface area (TPSA) is 107 Å². The molecule has 0 aliphatic heterocycles. The molecule has 0 spiro atoms. The van der Waals surface area contributed by atoms with E-state index in [4.69, 9.17) is 30.5 Å². The zero-order valence-electron chi connectivity index (χ0n) is 19.3. The number of hydrogen-bond acceptors (Lipinski definition) is 7. The summed E-state index contributed by atoms with van der Waals surface area (Å²) in [5.41, 5.74) is 3.98. The van der Waals surface area contributed by atoms with E-state index >= 15 is 0 Å². The number of anilines is 1. The third kappa shape index (κ3) is 7.12. The van der Waals surface area contributed by atoms with Crippen LogP contribution < -0.4 is 29.7 Å². The minimum Gasteiger partial charge on any atom is -0.497 e. The van der Waals surface area contributed by atoms with Gasteiger partial charge in [0, 0.05) is 11.3 Å². The van der Waals surface area contributed by atoms with E-state index in [1.54, 1.807) is 67.8 Å². The largest absolute Gasteiger partial charge is 0.497 e. The van der Waals surface area contributed by atoms with Crippen molar-refractivity contribution in [2.45, 2.75) is 0 Å². The molecule has 35 heavy (non-hydrogen) atoms. The number of carbonyl (C=O) groups is 2. The van der Waals surface area contributed by atoms with E-state index in [0.717, 1.165) is 0 Å². The summed E-state index contributed by atoms with van der Waals surface area (Å²) in [6.45, 7) is -0.286. The molecule has 182 valence electrons. The normalized spacial score (nSPS) is 10.5. The maximum absolute atomic E-state index is 12.3. The molecule has 3 aromatic carbocycles. The number of methoxy groups -OCH3 is 3. The van der Waals surface area contributed by atoms with Gasteiger partial charge in [-0.3, -0.25) is 9.59 Å². The molecule has 0 heterocycles. The van der Waals surface area contributed by atoms with Crippen LogP contribution in [0, 0.1) is 0 Å². The van der Waals surface area contributed by atoms with Crippen molar-refractivity contribution in [2.75, 3.05) is 33.3 Å². The predicted molar refractivity (Wildman–Crippen MR) is 133 cm³/mol. The highest BCUT2D eigenvalue weighted by Crippen LogP contribution is 2.36. The zero-order chi connectivity index (χ0) is 25.2. The fourth-order valence-electron chi connectivity index (χ4n) is 2.96. The molecule has 0 aliphatic carbocycles. The minimum absolute atomic E-state index is 0.205. The predicted octanol–water partition coefficient (Wildman–Crippen LogP) is 4.15. The Hall–Kier alpha value is -4.24. The minimum atomic E-state index is -0.402. The fraction of sp³-hybridized carbons (Fsp3) is 0.160. The van der Waals surface area contributed by atoms with Crippen LogP contribution >= 0.6 is 11.6 Å². The van der Waals surface area contributed by atoms with Crippen molar-refractivity contribution in [1.82, 2.24) is 5.43 Å². The summed E-state index contributed by atoms with van der Waals surface area (Å²) < 4.78 is 21.1. The number of benzene rings is 3. The molecule has 0 unspecified atom stereocenters. The van der Waals surface area contributed by atoms with Gasteiger partial charge in [0.15, 0.2) is 18.1 Å². The Morgan fingerprint density at radius 2 is 1.69 bits per heavy atom. The lowest BCUT2D eigenvalue weighted by molar-refractivity contribution is -0.118. The summed E-state index contributed by atoms with van der Waals surface area (Å²) >= 11 is 6.35. The summed E-state index contributed by atoms with van der Waals surface area (Å²) in [5, 5.41) is 6.89. The quantitative estimate of drug-likeness (QED) is 0.322. The standard InChI is InChI=1S/C25H24ClN3O6/c1-32-19-9-7-18(8-10-19)28-23(30)15-35-24-21(26)11-16(12-22(24)34-3)14-27-29-25(31)17-5-4-6-20(13-17)33-2/h4-14H,15H2,1-3H3,(H,28,30)(H,29,31). The number of ether oxygens (including phenoxy) is 4. The van der Waals surface area contributed by atoms with E-state index in [1.165, 1.54) is 20.4 Å². The van der Waals surface area contributed by atoms with Crippen LogP contribution in [0.5, 0.6) is 23.0 Å². The van der Waals surface area contributed by atoms with E-state index in [2.05, 4.69) is 15.8 Å². The summed E-state index contributed by atoms with van der Waals surface area (Å²) in [6.07, 6.45) is 1.41. The monoisotopic (exact) mass is 497 g/mol. The Balaban J connectivity index is 1.61. The zero-order valence-corrected chi connectivity index (χ0v) is 20.1. The van der Waals surface area contributed by atoms with Gasteiger partial charge in [0.2, 0.25) is 0 Å². The van der Waals surface area contributed by atoms with Crippen LogP contribution in [0.2, 0.25) is 5.02 Å². The molecular formula is C25H24ClN3O6. The maximum atomic E-state index is 12.3. The van der Waals surface area contributed by atoms with Gasteiger partial charge in [-0.05, 0) is 60.2 Å². The smallest absolute Gasteiger partial charge is 0.271 e. The number of nitrogens with one attached hydrogen (secondary N) is 2. The van der Waals surface area contributed by atoms with Crippen molar-refractivity contribution in [3.8, 4) is 23.0 Å².